The summed E-state index contributed by atoms with van der Waals surface area (Å²) in [6.45, 7) is 2.62. The van der Waals surface area contributed by atoms with Crippen molar-refractivity contribution in [2.75, 3.05) is 13.1 Å². The molecule has 2 N–H and O–H groups in total. The van der Waals surface area contributed by atoms with Gasteiger partial charge in [-0.15, -0.1) is 0 Å². The van der Waals surface area contributed by atoms with Crippen molar-refractivity contribution in [3.63, 3.8) is 0 Å². The van der Waals surface area contributed by atoms with Gasteiger partial charge in [-0.2, -0.15) is 0 Å². The highest BCUT2D eigenvalue weighted by molar-refractivity contribution is 6.01. The van der Waals surface area contributed by atoms with Gasteiger partial charge in [-0.25, -0.2) is 4.79 Å². The number of nitrogens with two attached hydrogens (primary N) is 1. The van der Waals surface area contributed by atoms with Gasteiger partial charge in [0.05, 0.1) is 5.92 Å². The van der Waals surface area contributed by atoms with Crippen molar-refractivity contribution in [1.29, 1.82) is 0 Å². The zero-order valence-corrected chi connectivity index (χ0v) is 14.8. The molecule has 0 unspecified atom stereocenters. The average molecular weight is 362 g/mol. The average Bonchev–Trinajstić information content (AvgIpc) is 2.59. The fourth-order valence-electron chi connectivity index (χ4n) is 3.40. The van der Waals surface area contributed by atoms with Crippen LogP contribution in [0, 0.1) is 12.8 Å². The zero-order chi connectivity index (χ0) is 19.1. The van der Waals surface area contributed by atoms with Crippen LogP contribution >= 0.6 is 0 Å². The van der Waals surface area contributed by atoms with E-state index in [4.69, 9.17) is 10.2 Å². The van der Waals surface area contributed by atoms with Gasteiger partial charge in [0.15, 0.2) is 0 Å². The SMILES string of the molecule is Cc1ccccc1-c1cc(=O)oc2cc(C(=O)N3CC(C(N)=O)C3)ccc12. The Labute approximate surface area is 155 Å². The van der Waals surface area contributed by atoms with E-state index in [1.165, 1.54) is 6.07 Å². The van der Waals surface area contributed by atoms with Crippen LogP contribution in [0.25, 0.3) is 22.1 Å². The highest BCUT2D eigenvalue weighted by Gasteiger charge is 2.34. The number of likely N-dealkylation sites (tertiary alicyclic amines) is 1. The van der Waals surface area contributed by atoms with Gasteiger partial charge >= 0.3 is 5.63 Å². The number of primary amides is 1. The Hall–Kier alpha value is -3.41. The van der Waals surface area contributed by atoms with Crippen LogP contribution < -0.4 is 11.4 Å². The lowest BCUT2D eigenvalue weighted by molar-refractivity contribution is -0.125. The molecule has 2 heterocycles. The molecular formula is C21H18N2O4. The van der Waals surface area contributed by atoms with Crippen LogP contribution in [-0.2, 0) is 4.79 Å². The maximum Gasteiger partial charge on any atom is 0.336 e. The minimum atomic E-state index is -0.469. The Bertz CT molecular complexity index is 1130. The number of nitrogens with zero attached hydrogens (tertiary/aromatic N) is 1. The van der Waals surface area contributed by atoms with Gasteiger partial charge in [0.2, 0.25) is 5.91 Å². The van der Waals surface area contributed by atoms with E-state index >= 15 is 0 Å². The lowest BCUT2D eigenvalue weighted by Crippen LogP contribution is -2.54. The van der Waals surface area contributed by atoms with E-state index in [9.17, 15) is 14.4 Å². The predicted octanol–water partition coefficient (Wildman–Crippen LogP) is 2.33. The van der Waals surface area contributed by atoms with Crippen molar-refractivity contribution in [2.24, 2.45) is 11.7 Å². The lowest BCUT2D eigenvalue weighted by Gasteiger charge is -2.37. The number of benzene rings is 2. The van der Waals surface area contributed by atoms with Crippen molar-refractivity contribution in [2.45, 2.75) is 6.92 Å². The van der Waals surface area contributed by atoms with E-state index in [0.29, 0.717) is 24.2 Å². The molecule has 0 saturated carbocycles. The van der Waals surface area contributed by atoms with Gasteiger partial charge in [-0.05, 0) is 36.2 Å². The van der Waals surface area contributed by atoms with Crippen molar-refractivity contribution < 1.29 is 14.0 Å². The molecule has 1 fully saturated rings. The lowest BCUT2D eigenvalue weighted by atomic mass is 9.96. The highest BCUT2D eigenvalue weighted by Crippen LogP contribution is 2.30. The molecule has 3 aromatic rings. The van der Waals surface area contributed by atoms with Gasteiger partial charge in [-0.1, -0.05) is 24.3 Å². The van der Waals surface area contributed by atoms with E-state index < -0.39 is 11.5 Å². The molecule has 0 spiro atoms. The monoisotopic (exact) mass is 362 g/mol. The van der Waals surface area contributed by atoms with E-state index in [1.807, 2.05) is 31.2 Å². The van der Waals surface area contributed by atoms with Crippen LogP contribution in [0.2, 0.25) is 0 Å². The second-order valence-electron chi connectivity index (χ2n) is 6.81. The first kappa shape index (κ1) is 17.0. The van der Waals surface area contributed by atoms with Crippen molar-refractivity contribution in [1.82, 2.24) is 4.90 Å². The molecule has 0 bridgehead atoms. The largest absolute Gasteiger partial charge is 0.423 e. The summed E-state index contributed by atoms with van der Waals surface area (Å²) in [6, 6.07) is 14.3. The number of hydrogen-bond acceptors (Lipinski definition) is 4. The molecule has 6 nitrogen and oxygen atoms in total. The van der Waals surface area contributed by atoms with Crippen LogP contribution in [0.5, 0.6) is 0 Å². The summed E-state index contributed by atoms with van der Waals surface area (Å²) >= 11 is 0. The molecule has 1 aliphatic heterocycles. The maximum absolute atomic E-state index is 12.6. The first-order valence-electron chi connectivity index (χ1n) is 8.66. The van der Waals surface area contributed by atoms with Crippen LogP contribution in [0.4, 0.5) is 0 Å². The molecule has 1 saturated heterocycles. The third-order valence-corrected chi connectivity index (χ3v) is 5.00. The number of carbonyl (C=O) groups excluding carboxylic acids is 2. The van der Waals surface area contributed by atoms with E-state index in [1.54, 1.807) is 23.1 Å². The quantitative estimate of drug-likeness (QED) is 0.724. The Balaban J connectivity index is 1.74. The fraction of sp³-hybridized carbons (Fsp3) is 0.190. The van der Waals surface area contributed by atoms with Crippen molar-refractivity contribution >= 4 is 22.8 Å². The summed E-state index contributed by atoms with van der Waals surface area (Å²) in [7, 11) is 0. The van der Waals surface area contributed by atoms with Crippen LogP contribution in [0.3, 0.4) is 0 Å². The molecule has 136 valence electrons. The number of hydrogen-bond donors (Lipinski definition) is 1. The molecule has 0 atom stereocenters. The second-order valence-corrected chi connectivity index (χ2v) is 6.81. The smallest absolute Gasteiger partial charge is 0.336 e. The number of aryl methyl sites for hydroxylation is 1. The van der Waals surface area contributed by atoms with Gasteiger partial charge in [-0.3, -0.25) is 9.59 Å². The zero-order valence-electron chi connectivity index (χ0n) is 14.8. The van der Waals surface area contributed by atoms with E-state index in [-0.39, 0.29) is 11.8 Å². The van der Waals surface area contributed by atoms with Crippen LogP contribution in [-0.4, -0.2) is 29.8 Å². The number of amides is 2. The Morgan fingerprint density at radius 1 is 1.07 bits per heavy atom. The second kappa shape index (κ2) is 6.39. The van der Waals surface area contributed by atoms with E-state index in [2.05, 4.69) is 0 Å². The van der Waals surface area contributed by atoms with Crippen molar-refractivity contribution in [3.8, 4) is 11.1 Å². The van der Waals surface area contributed by atoms with E-state index in [0.717, 1.165) is 22.1 Å². The summed E-state index contributed by atoms with van der Waals surface area (Å²) in [6.07, 6.45) is 0. The van der Waals surface area contributed by atoms with Crippen molar-refractivity contribution in [3.05, 3.63) is 70.1 Å². The molecule has 0 radical (unpaired) electrons. The summed E-state index contributed by atoms with van der Waals surface area (Å²) in [5, 5.41) is 0.763. The predicted molar refractivity (Wildman–Crippen MR) is 101 cm³/mol. The third kappa shape index (κ3) is 2.99. The van der Waals surface area contributed by atoms with Gasteiger partial charge in [0.25, 0.3) is 5.91 Å². The van der Waals surface area contributed by atoms with Crippen LogP contribution in [0.15, 0.2) is 57.7 Å². The summed E-state index contributed by atoms with van der Waals surface area (Å²) in [5.74, 6) is -0.898. The van der Waals surface area contributed by atoms with Gasteiger partial charge in [0.1, 0.15) is 5.58 Å². The molecule has 4 rings (SSSR count). The molecule has 2 amide bonds. The number of carbonyl (C=O) groups is 2. The maximum atomic E-state index is 12.6. The third-order valence-electron chi connectivity index (χ3n) is 5.00. The molecule has 1 aromatic heterocycles. The normalized spacial score (nSPS) is 14.2. The first-order chi connectivity index (χ1) is 12.9. The van der Waals surface area contributed by atoms with Gasteiger partial charge in [0, 0.05) is 35.7 Å². The number of fused-ring (bicyclic) bond motifs is 1. The standard InChI is InChI=1S/C21H18N2O4/c1-12-4-2-3-5-15(12)17-9-19(24)27-18-8-13(6-7-16(17)18)21(26)23-10-14(11-23)20(22)25/h2-9,14H,10-11H2,1H3,(H2,22,25). The topological polar surface area (TPSA) is 93.6 Å². The molecule has 6 heteroatoms. The fourth-order valence-corrected chi connectivity index (χ4v) is 3.40. The summed E-state index contributed by atoms with van der Waals surface area (Å²) in [4.78, 5) is 37.4. The summed E-state index contributed by atoms with van der Waals surface area (Å²) in [5.41, 5.74) is 8.31. The minimum Gasteiger partial charge on any atom is -0.423 e. The molecular weight excluding hydrogens is 344 g/mol. The highest BCUT2D eigenvalue weighted by atomic mass is 16.4. The first-order valence-corrected chi connectivity index (χ1v) is 8.66. The Kier molecular flexibility index (Phi) is 4.03. The van der Waals surface area contributed by atoms with Crippen LogP contribution in [0.1, 0.15) is 15.9 Å². The number of rotatable bonds is 3. The van der Waals surface area contributed by atoms with Gasteiger partial charge < -0.3 is 15.1 Å². The Morgan fingerprint density at radius 2 is 1.81 bits per heavy atom. The minimum absolute atomic E-state index is 0.210. The molecule has 1 aliphatic rings. The Morgan fingerprint density at radius 3 is 2.52 bits per heavy atom. The molecule has 0 aliphatic carbocycles. The summed E-state index contributed by atoms with van der Waals surface area (Å²) < 4.78 is 5.34. The molecule has 2 aromatic carbocycles. The molecule has 27 heavy (non-hydrogen) atoms.